The summed E-state index contributed by atoms with van der Waals surface area (Å²) < 4.78 is 5.57. The summed E-state index contributed by atoms with van der Waals surface area (Å²) in [5.41, 5.74) is 3.80. The minimum Gasteiger partial charge on any atom is -0.484 e. The third-order valence-corrected chi connectivity index (χ3v) is 5.21. The van der Waals surface area contributed by atoms with Crippen LogP contribution in [0.25, 0.3) is 10.8 Å². The average molecular weight is 449 g/mol. The van der Waals surface area contributed by atoms with E-state index < -0.39 is 10.8 Å². The van der Waals surface area contributed by atoms with Crippen LogP contribution in [0.15, 0.2) is 65.8 Å². The van der Waals surface area contributed by atoms with E-state index in [4.69, 9.17) is 4.74 Å². The summed E-state index contributed by atoms with van der Waals surface area (Å²) in [6, 6.07) is 18.2. The first-order valence-corrected chi connectivity index (χ1v) is 11.0. The molecule has 1 amide bonds. The van der Waals surface area contributed by atoms with Crippen LogP contribution >= 0.6 is 0 Å². The molecule has 3 aromatic carbocycles. The van der Waals surface area contributed by atoms with Crippen molar-refractivity contribution in [2.75, 3.05) is 24.6 Å². The number of hydrogen-bond donors (Lipinski definition) is 1. The number of non-ortho nitro benzene ring substituents is 1. The number of hydrogen-bond acceptors (Lipinski definition) is 6. The number of carbonyl (C=O) groups excluding carboxylic acids is 1. The molecule has 0 atom stereocenters. The molecule has 0 bridgehead atoms. The number of amides is 1. The van der Waals surface area contributed by atoms with Crippen molar-refractivity contribution in [2.24, 2.45) is 5.10 Å². The summed E-state index contributed by atoms with van der Waals surface area (Å²) in [6.07, 6.45) is 3.48. The van der Waals surface area contributed by atoms with Gasteiger partial charge >= 0.3 is 0 Å². The summed E-state index contributed by atoms with van der Waals surface area (Å²) in [7, 11) is 0. The zero-order valence-corrected chi connectivity index (χ0v) is 18.9. The molecule has 0 radical (unpaired) electrons. The van der Waals surface area contributed by atoms with Gasteiger partial charge in [-0.15, -0.1) is 0 Å². The summed E-state index contributed by atoms with van der Waals surface area (Å²) in [4.78, 5) is 25.1. The number of nitrogens with one attached hydrogen (secondary N) is 1. The number of carbonyl (C=O) groups is 1. The number of nitro benzene ring substituents is 1. The molecular formula is C25H28N4O4. The van der Waals surface area contributed by atoms with Crippen molar-refractivity contribution in [2.45, 2.75) is 26.7 Å². The maximum atomic E-state index is 12.2. The summed E-state index contributed by atoms with van der Waals surface area (Å²) in [5.74, 6) is 0.160. The first kappa shape index (κ1) is 23.7. The molecule has 172 valence electrons. The fourth-order valence-corrected chi connectivity index (χ4v) is 3.46. The number of fused-ring (bicyclic) bond motifs is 1. The topological polar surface area (TPSA) is 97.1 Å². The molecule has 3 aromatic rings. The molecule has 0 fully saturated rings. The van der Waals surface area contributed by atoms with Crippen LogP contribution in [0, 0.1) is 10.1 Å². The number of ether oxygens (including phenoxy) is 1. The van der Waals surface area contributed by atoms with Crippen LogP contribution in [0.1, 0.15) is 32.3 Å². The Morgan fingerprint density at radius 3 is 2.64 bits per heavy atom. The van der Waals surface area contributed by atoms with Crippen molar-refractivity contribution in [3.63, 3.8) is 0 Å². The Balaban J connectivity index is 1.66. The molecule has 8 heteroatoms. The molecular weight excluding hydrogens is 420 g/mol. The van der Waals surface area contributed by atoms with Crippen LogP contribution in [0.3, 0.4) is 0 Å². The Morgan fingerprint density at radius 1 is 1.12 bits per heavy atom. The number of rotatable bonds is 11. The Bertz CT molecular complexity index is 1150. The Morgan fingerprint density at radius 2 is 1.91 bits per heavy atom. The molecule has 8 nitrogen and oxygen atoms in total. The number of hydrazone groups is 1. The van der Waals surface area contributed by atoms with Crippen LogP contribution in [-0.2, 0) is 4.79 Å². The zero-order chi connectivity index (χ0) is 23.6. The van der Waals surface area contributed by atoms with Gasteiger partial charge in [0, 0.05) is 36.5 Å². The second kappa shape index (κ2) is 11.6. The van der Waals surface area contributed by atoms with Gasteiger partial charge in [0.25, 0.3) is 11.6 Å². The van der Waals surface area contributed by atoms with E-state index in [-0.39, 0.29) is 12.3 Å². The van der Waals surface area contributed by atoms with Gasteiger partial charge in [0.2, 0.25) is 0 Å². The van der Waals surface area contributed by atoms with Crippen LogP contribution in [0.2, 0.25) is 0 Å². The lowest BCUT2D eigenvalue weighted by atomic mass is 10.1. The van der Waals surface area contributed by atoms with Crippen molar-refractivity contribution < 1.29 is 14.5 Å². The van der Waals surface area contributed by atoms with Crippen molar-refractivity contribution >= 4 is 34.3 Å². The Labute approximate surface area is 193 Å². The van der Waals surface area contributed by atoms with E-state index in [2.05, 4.69) is 22.4 Å². The van der Waals surface area contributed by atoms with Crippen molar-refractivity contribution in [1.82, 2.24) is 5.43 Å². The van der Waals surface area contributed by atoms with Gasteiger partial charge in [0.05, 0.1) is 11.1 Å². The highest BCUT2D eigenvalue weighted by Gasteiger charge is 2.14. The number of nitro groups is 1. The Hall–Kier alpha value is -3.94. The molecule has 0 aromatic heterocycles. The first-order valence-electron chi connectivity index (χ1n) is 11.0. The summed E-state index contributed by atoms with van der Waals surface area (Å²) >= 11 is 0. The maximum Gasteiger partial charge on any atom is 0.277 e. The smallest absolute Gasteiger partial charge is 0.277 e. The van der Waals surface area contributed by atoms with Crippen molar-refractivity contribution in [3.8, 4) is 5.75 Å². The van der Waals surface area contributed by atoms with E-state index in [0.717, 1.165) is 42.4 Å². The van der Waals surface area contributed by atoms with E-state index in [0.29, 0.717) is 11.3 Å². The van der Waals surface area contributed by atoms with Gasteiger partial charge in [0.1, 0.15) is 5.75 Å². The second-order valence-electron chi connectivity index (χ2n) is 7.52. The Kier molecular flexibility index (Phi) is 8.35. The molecule has 0 saturated heterocycles. The van der Waals surface area contributed by atoms with Crippen LogP contribution in [0.5, 0.6) is 5.75 Å². The quantitative estimate of drug-likeness (QED) is 0.256. The molecule has 0 spiro atoms. The number of benzene rings is 3. The zero-order valence-electron chi connectivity index (χ0n) is 18.9. The van der Waals surface area contributed by atoms with E-state index in [9.17, 15) is 14.9 Å². The molecule has 0 aliphatic rings. The molecule has 0 saturated carbocycles. The van der Waals surface area contributed by atoms with Crippen molar-refractivity contribution in [1.29, 1.82) is 0 Å². The third-order valence-electron chi connectivity index (χ3n) is 5.21. The maximum absolute atomic E-state index is 12.2. The largest absolute Gasteiger partial charge is 0.484 e. The van der Waals surface area contributed by atoms with Gasteiger partial charge in [-0.3, -0.25) is 14.9 Å². The molecule has 0 aliphatic heterocycles. The van der Waals surface area contributed by atoms with Crippen LogP contribution < -0.4 is 15.1 Å². The minimum absolute atomic E-state index is 0.0299. The summed E-state index contributed by atoms with van der Waals surface area (Å²) in [6.45, 7) is 5.53. The lowest BCUT2D eigenvalue weighted by Crippen LogP contribution is -2.26. The number of nitrogens with zero attached hydrogens (tertiary/aromatic N) is 3. The van der Waals surface area contributed by atoms with Crippen LogP contribution in [0.4, 0.5) is 11.4 Å². The fraction of sp³-hybridized carbons (Fsp3) is 0.280. The van der Waals surface area contributed by atoms with Crippen molar-refractivity contribution in [3.05, 3.63) is 76.3 Å². The van der Waals surface area contributed by atoms with Gasteiger partial charge in [-0.1, -0.05) is 43.7 Å². The number of anilines is 1. The second-order valence-corrected chi connectivity index (χ2v) is 7.52. The molecule has 0 heterocycles. The molecule has 0 unspecified atom stereocenters. The number of unbranched alkanes of at least 4 members (excludes halogenated alkanes) is 1. The van der Waals surface area contributed by atoms with E-state index in [1.54, 1.807) is 6.07 Å². The third kappa shape index (κ3) is 6.52. The molecule has 1 N–H and O–H groups in total. The first-order chi connectivity index (χ1) is 16.0. The highest BCUT2D eigenvalue weighted by Crippen LogP contribution is 2.25. The predicted octanol–water partition coefficient (Wildman–Crippen LogP) is 4.90. The highest BCUT2D eigenvalue weighted by atomic mass is 16.6. The monoisotopic (exact) mass is 448 g/mol. The average Bonchev–Trinajstić information content (AvgIpc) is 2.83. The van der Waals surface area contributed by atoms with E-state index >= 15 is 0 Å². The van der Waals surface area contributed by atoms with Gasteiger partial charge in [-0.25, -0.2) is 5.43 Å². The van der Waals surface area contributed by atoms with Gasteiger partial charge < -0.3 is 9.64 Å². The molecule has 3 rings (SSSR count). The van der Waals surface area contributed by atoms with E-state index in [1.807, 2.05) is 49.4 Å². The van der Waals surface area contributed by atoms with Gasteiger partial charge in [0.15, 0.2) is 6.61 Å². The van der Waals surface area contributed by atoms with Gasteiger partial charge in [-0.2, -0.15) is 5.10 Å². The normalized spacial score (nSPS) is 11.0. The summed E-state index contributed by atoms with van der Waals surface area (Å²) in [5, 5.41) is 17.3. The lowest BCUT2D eigenvalue weighted by molar-refractivity contribution is -0.384. The highest BCUT2D eigenvalue weighted by molar-refractivity contribution is 5.90. The standard InChI is InChI=1S/C25H28N4O4/c1-3-5-14-28(4-2)24-13-11-22(29(31)32)15-21(24)17-26-27-25(30)18-33-23-12-10-19-8-6-7-9-20(19)16-23/h6-13,15-17H,3-5,14,18H2,1-2H3,(H,27,30)/b26-17+. The molecule has 33 heavy (non-hydrogen) atoms. The predicted molar refractivity (Wildman–Crippen MR) is 131 cm³/mol. The van der Waals surface area contributed by atoms with Gasteiger partial charge in [-0.05, 0) is 42.3 Å². The fourth-order valence-electron chi connectivity index (χ4n) is 3.46. The van der Waals surface area contributed by atoms with E-state index in [1.165, 1.54) is 18.3 Å². The SMILES string of the molecule is CCCCN(CC)c1ccc([N+](=O)[O-])cc1/C=N/NC(=O)COc1ccc2ccccc2c1. The molecule has 0 aliphatic carbocycles. The minimum atomic E-state index is -0.445. The van der Waals surface area contributed by atoms with Crippen LogP contribution in [-0.4, -0.2) is 36.7 Å². The lowest BCUT2D eigenvalue weighted by Gasteiger charge is -2.24.